The highest BCUT2D eigenvalue weighted by Crippen LogP contribution is 2.44. The van der Waals surface area contributed by atoms with Crippen LogP contribution in [0.2, 0.25) is 0 Å². The lowest BCUT2D eigenvalue weighted by Gasteiger charge is -2.17. The fraction of sp³-hybridized carbons (Fsp3) is 0.185. The molecule has 160 valence electrons. The highest BCUT2D eigenvalue weighted by Gasteiger charge is 2.29. The monoisotopic (exact) mass is 423 g/mol. The normalized spacial score (nSPS) is 12.3. The van der Waals surface area contributed by atoms with Crippen LogP contribution in [0.5, 0.6) is 0 Å². The molecule has 32 heavy (non-hydrogen) atoms. The number of amides is 1. The third kappa shape index (κ3) is 3.46. The van der Waals surface area contributed by atoms with Gasteiger partial charge in [-0.05, 0) is 53.8 Å². The average molecular weight is 424 g/mol. The molecule has 0 saturated heterocycles. The molecule has 0 saturated carbocycles. The van der Waals surface area contributed by atoms with Crippen LogP contribution in [0.25, 0.3) is 21.9 Å². The summed E-state index contributed by atoms with van der Waals surface area (Å²) in [5.41, 5.74) is 7.62. The molecular weight excluding hydrogens is 398 g/mol. The second-order valence-electron chi connectivity index (χ2n) is 8.02. The third-order valence-electron chi connectivity index (χ3n) is 6.07. The Hall–Kier alpha value is -3.86. The van der Waals surface area contributed by atoms with Crippen molar-refractivity contribution in [2.45, 2.75) is 19.8 Å². The second kappa shape index (κ2) is 8.35. The van der Waals surface area contributed by atoms with Gasteiger partial charge in [0.2, 0.25) is 0 Å². The quantitative estimate of drug-likeness (QED) is 0.393. The fourth-order valence-corrected chi connectivity index (χ4v) is 4.67. The van der Waals surface area contributed by atoms with Crippen LogP contribution in [0.15, 0.2) is 73.1 Å². The summed E-state index contributed by atoms with van der Waals surface area (Å²) in [5.74, 6) is 0.0342. The lowest BCUT2D eigenvalue weighted by molar-refractivity contribution is 0.158. The standard InChI is InChI=1S/C27H25N3O2/c1-3-29-26-17(2)14-25(22-12-13-28-15-23(22)26)30-27(31)32-16-24-20-10-6-4-8-18(20)19-9-5-7-11-21(19)24/h4-15,24,29H,3,16H2,1-2H3,(H,30,31). The minimum absolute atomic E-state index is 0.0342. The minimum atomic E-state index is -0.458. The summed E-state index contributed by atoms with van der Waals surface area (Å²) in [4.78, 5) is 17.1. The van der Waals surface area contributed by atoms with Gasteiger partial charge in [0, 0.05) is 41.3 Å². The van der Waals surface area contributed by atoms with E-state index in [0.29, 0.717) is 0 Å². The highest BCUT2D eigenvalue weighted by molar-refractivity contribution is 6.06. The van der Waals surface area contributed by atoms with Crippen LogP contribution < -0.4 is 10.6 Å². The number of nitrogens with one attached hydrogen (secondary N) is 2. The number of aryl methyl sites for hydroxylation is 1. The summed E-state index contributed by atoms with van der Waals surface area (Å²) in [6, 6.07) is 20.5. The molecule has 0 aliphatic heterocycles. The summed E-state index contributed by atoms with van der Waals surface area (Å²) >= 11 is 0. The zero-order chi connectivity index (χ0) is 22.1. The zero-order valence-electron chi connectivity index (χ0n) is 18.2. The molecule has 2 N–H and O–H groups in total. The number of nitrogens with zero attached hydrogens (tertiary/aromatic N) is 1. The van der Waals surface area contributed by atoms with Crippen LogP contribution in [0.3, 0.4) is 0 Å². The number of rotatable bonds is 5. The van der Waals surface area contributed by atoms with Crippen LogP contribution in [0.1, 0.15) is 29.5 Å². The Labute approximate surface area is 187 Å². The molecule has 1 amide bonds. The number of aromatic nitrogens is 1. The minimum Gasteiger partial charge on any atom is -0.448 e. The predicted molar refractivity (Wildman–Crippen MR) is 129 cm³/mol. The SMILES string of the molecule is CCNc1c(C)cc(NC(=O)OCC2c3ccccc3-c3ccccc32)c2ccncc12. The van der Waals surface area contributed by atoms with Gasteiger partial charge in [-0.25, -0.2) is 4.79 Å². The van der Waals surface area contributed by atoms with Crippen molar-refractivity contribution in [3.8, 4) is 11.1 Å². The molecule has 0 bridgehead atoms. The van der Waals surface area contributed by atoms with Crippen molar-refractivity contribution < 1.29 is 9.53 Å². The molecule has 0 fully saturated rings. The number of anilines is 2. The molecule has 5 nitrogen and oxygen atoms in total. The number of pyridine rings is 1. The Balaban J connectivity index is 1.38. The van der Waals surface area contributed by atoms with Crippen molar-refractivity contribution in [2.75, 3.05) is 23.8 Å². The Kier molecular flexibility index (Phi) is 5.23. The van der Waals surface area contributed by atoms with Gasteiger partial charge in [0.05, 0.1) is 5.69 Å². The average Bonchev–Trinajstić information content (AvgIpc) is 3.14. The van der Waals surface area contributed by atoms with E-state index in [0.717, 1.165) is 34.3 Å². The maximum Gasteiger partial charge on any atom is 0.411 e. The maximum absolute atomic E-state index is 12.8. The molecule has 0 radical (unpaired) electrons. The van der Waals surface area contributed by atoms with E-state index in [1.165, 1.54) is 22.3 Å². The lowest BCUT2D eigenvalue weighted by Crippen LogP contribution is -2.18. The molecule has 5 rings (SSSR count). The van der Waals surface area contributed by atoms with Gasteiger partial charge in [0.25, 0.3) is 0 Å². The smallest absolute Gasteiger partial charge is 0.411 e. The maximum atomic E-state index is 12.8. The molecule has 4 aromatic rings. The zero-order valence-corrected chi connectivity index (χ0v) is 18.2. The molecule has 1 aromatic heterocycles. The Morgan fingerprint density at radius 3 is 2.38 bits per heavy atom. The summed E-state index contributed by atoms with van der Waals surface area (Å²) in [6.07, 6.45) is 3.10. The molecule has 3 aromatic carbocycles. The first-order valence-corrected chi connectivity index (χ1v) is 10.9. The van der Waals surface area contributed by atoms with E-state index in [4.69, 9.17) is 4.74 Å². The van der Waals surface area contributed by atoms with E-state index in [9.17, 15) is 4.79 Å². The van der Waals surface area contributed by atoms with E-state index in [1.54, 1.807) is 6.20 Å². The van der Waals surface area contributed by atoms with Crippen LogP contribution >= 0.6 is 0 Å². The fourth-order valence-electron chi connectivity index (χ4n) is 4.67. The van der Waals surface area contributed by atoms with Crippen molar-refractivity contribution in [3.63, 3.8) is 0 Å². The molecule has 1 aliphatic carbocycles. The van der Waals surface area contributed by atoms with Crippen LogP contribution in [-0.4, -0.2) is 24.2 Å². The van der Waals surface area contributed by atoms with E-state index in [1.807, 2.05) is 49.5 Å². The molecule has 1 heterocycles. The van der Waals surface area contributed by atoms with Gasteiger partial charge in [0.15, 0.2) is 0 Å². The van der Waals surface area contributed by atoms with Gasteiger partial charge in [-0.15, -0.1) is 0 Å². The van der Waals surface area contributed by atoms with Crippen molar-refractivity contribution >= 4 is 28.2 Å². The van der Waals surface area contributed by atoms with Crippen molar-refractivity contribution in [3.05, 3.63) is 89.7 Å². The van der Waals surface area contributed by atoms with Crippen molar-refractivity contribution in [1.29, 1.82) is 0 Å². The van der Waals surface area contributed by atoms with Crippen LogP contribution in [0.4, 0.5) is 16.2 Å². The van der Waals surface area contributed by atoms with Gasteiger partial charge in [-0.3, -0.25) is 10.3 Å². The number of carbonyl (C=O) groups is 1. The van der Waals surface area contributed by atoms with Crippen molar-refractivity contribution in [2.24, 2.45) is 0 Å². The number of ether oxygens (including phenoxy) is 1. The van der Waals surface area contributed by atoms with Crippen LogP contribution in [0, 0.1) is 6.92 Å². The first kappa shape index (κ1) is 20.1. The van der Waals surface area contributed by atoms with Gasteiger partial charge in [0.1, 0.15) is 6.61 Å². The highest BCUT2D eigenvalue weighted by atomic mass is 16.5. The second-order valence-corrected chi connectivity index (χ2v) is 8.02. The number of fused-ring (bicyclic) bond motifs is 4. The molecule has 1 aliphatic rings. The Bertz CT molecular complexity index is 1270. The molecule has 0 unspecified atom stereocenters. The van der Waals surface area contributed by atoms with Gasteiger partial charge < -0.3 is 10.1 Å². The van der Waals surface area contributed by atoms with E-state index >= 15 is 0 Å². The summed E-state index contributed by atoms with van der Waals surface area (Å²) in [7, 11) is 0. The van der Waals surface area contributed by atoms with Gasteiger partial charge in [-0.2, -0.15) is 0 Å². The predicted octanol–water partition coefficient (Wildman–Crippen LogP) is 6.34. The number of carbonyl (C=O) groups excluding carboxylic acids is 1. The molecule has 5 heteroatoms. The van der Waals surface area contributed by atoms with Crippen LogP contribution in [-0.2, 0) is 4.74 Å². The Morgan fingerprint density at radius 1 is 1.00 bits per heavy atom. The van der Waals surface area contributed by atoms with Crippen molar-refractivity contribution in [1.82, 2.24) is 4.98 Å². The first-order chi connectivity index (χ1) is 15.7. The molecule has 0 spiro atoms. The number of benzene rings is 3. The lowest BCUT2D eigenvalue weighted by atomic mass is 9.98. The summed E-state index contributed by atoms with van der Waals surface area (Å²) in [5, 5.41) is 8.25. The van der Waals surface area contributed by atoms with Gasteiger partial charge >= 0.3 is 6.09 Å². The van der Waals surface area contributed by atoms with E-state index < -0.39 is 6.09 Å². The number of hydrogen-bond acceptors (Lipinski definition) is 4. The third-order valence-corrected chi connectivity index (χ3v) is 6.07. The molecular formula is C27H25N3O2. The number of hydrogen-bond donors (Lipinski definition) is 2. The van der Waals surface area contributed by atoms with Gasteiger partial charge in [-0.1, -0.05) is 48.5 Å². The summed E-state index contributed by atoms with van der Waals surface area (Å²) in [6.45, 7) is 5.18. The topological polar surface area (TPSA) is 63.2 Å². The summed E-state index contributed by atoms with van der Waals surface area (Å²) < 4.78 is 5.73. The Morgan fingerprint density at radius 2 is 1.69 bits per heavy atom. The van der Waals surface area contributed by atoms with E-state index in [2.05, 4.69) is 46.8 Å². The molecule has 0 atom stereocenters. The van der Waals surface area contributed by atoms with E-state index in [-0.39, 0.29) is 12.5 Å². The first-order valence-electron chi connectivity index (χ1n) is 10.9. The largest absolute Gasteiger partial charge is 0.448 e.